The van der Waals surface area contributed by atoms with Crippen molar-refractivity contribution in [2.45, 2.75) is 12.5 Å². The van der Waals surface area contributed by atoms with Crippen LogP contribution in [-0.4, -0.2) is 31.7 Å². The average molecular weight is 255 g/mol. The van der Waals surface area contributed by atoms with Gasteiger partial charge in [-0.25, -0.2) is 13.2 Å². The van der Waals surface area contributed by atoms with Gasteiger partial charge >= 0.3 is 6.09 Å². The molecule has 17 heavy (non-hydrogen) atoms. The molecular weight excluding hydrogens is 242 g/mol. The third-order valence-corrected chi connectivity index (χ3v) is 4.96. The van der Waals surface area contributed by atoms with E-state index in [0.29, 0.717) is 0 Å². The molecule has 92 valence electrons. The molecule has 1 saturated heterocycles. The van der Waals surface area contributed by atoms with Gasteiger partial charge in [-0.2, -0.15) is 4.31 Å². The molecule has 0 aliphatic carbocycles. The number of amides is 1. The summed E-state index contributed by atoms with van der Waals surface area (Å²) >= 11 is 0. The molecular formula is C11H13NO4S. The van der Waals surface area contributed by atoms with E-state index in [2.05, 4.69) is 4.74 Å². The number of sulfonamides is 1. The molecule has 1 heterocycles. The van der Waals surface area contributed by atoms with E-state index in [1.165, 1.54) is 7.11 Å². The van der Waals surface area contributed by atoms with E-state index >= 15 is 0 Å². The van der Waals surface area contributed by atoms with Gasteiger partial charge in [-0.1, -0.05) is 30.3 Å². The molecule has 0 aromatic heterocycles. The van der Waals surface area contributed by atoms with Crippen molar-refractivity contribution in [3.63, 3.8) is 0 Å². The Balaban J connectivity index is 2.44. The van der Waals surface area contributed by atoms with E-state index in [1.807, 2.05) is 6.07 Å². The molecule has 1 aliphatic heterocycles. The molecule has 0 radical (unpaired) electrons. The van der Waals surface area contributed by atoms with Crippen LogP contribution in [0.5, 0.6) is 0 Å². The Bertz CT molecular complexity index is 540. The number of benzene rings is 1. The zero-order valence-electron chi connectivity index (χ0n) is 9.58. The Morgan fingerprint density at radius 2 is 1.94 bits per heavy atom. The Hall–Kier alpha value is -1.56. The number of nitrogens with zero attached hydrogens (tertiary/aromatic N) is 1. The fourth-order valence-corrected chi connectivity index (χ4v) is 4.12. The molecule has 6 heteroatoms. The lowest BCUT2D eigenvalue weighted by Gasteiger charge is -2.47. The van der Waals surface area contributed by atoms with Gasteiger partial charge in [0.25, 0.3) is 0 Å². The van der Waals surface area contributed by atoms with Gasteiger partial charge in [-0.15, -0.1) is 0 Å². The van der Waals surface area contributed by atoms with E-state index < -0.39 is 21.7 Å². The second kappa shape index (κ2) is 3.73. The first-order valence-corrected chi connectivity index (χ1v) is 6.69. The molecule has 0 N–H and O–H groups in total. The van der Waals surface area contributed by atoms with Crippen LogP contribution in [-0.2, 0) is 20.3 Å². The number of methoxy groups -OCH3 is 1. The number of carbonyl (C=O) groups is 1. The number of carbonyl (C=O) groups excluding carboxylic acids is 1. The molecule has 0 bridgehead atoms. The molecule has 5 nitrogen and oxygen atoms in total. The summed E-state index contributed by atoms with van der Waals surface area (Å²) in [6.07, 6.45) is -0.845. The highest BCUT2D eigenvalue weighted by Gasteiger charge is 2.57. The minimum atomic E-state index is -3.53. The first-order valence-electron chi connectivity index (χ1n) is 5.08. The van der Waals surface area contributed by atoms with E-state index in [9.17, 15) is 13.2 Å². The van der Waals surface area contributed by atoms with Crippen molar-refractivity contribution >= 4 is 16.1 Å². The van der Waals surface area contributed by atoms with Crippen LogP contribution in [0.15, 0.2) is 30.3 Å². The van der Waals surface area contributed by atoms with Gasteiger partial charge < -0.3 is 4.74 Å². The molecule has 1 aromatic rings. The van der Waals surface area contributed by atoms with Crippen molar-refractivity contribution in [1.29, 1.82) is 0 Å². The zero-order valence-corrected chi connectivity index (χ0v) is 10.4. The molecule has 0 spiro atoms. The maximum atomic E-state index is 11.6. The summed E-state index contributed by atoms with van der Waals surface area (Å²) in [6.45, 7) is 1.71. The first kappa shape index (κ1) is 11.9. The fraction of sp³-hybridized carbons (Fsp3) is 0.364. The predicted molar refractivity (Wildman–Crippen MR) is 61.8 cm³/mol. The lowest BCUT2D eigenvalue weighted by Crippen LogP contribution is -2.65. The smallest absolute Gasteiger partial charge is 0.424 e. The quantitative estimate of drug-likeness (QED) is 0.759. The zero-order chi connectivity index (χ0) is 12.7. The summed E-state index contributed by atoms with van der Waals surface area (Å²) < 4.78 is 28.6. The Morgan fingerprint density at radius 1 is 1.35 bits per heavy atom. The van der Waals surface area contributed by atoms with Crippen LogP contribution in [0.25, 0.3) is 0 Å². The van der Waals surface area contributed by atoms with Crippen LogP contribution in [0.4, 0.5) is 4.79 Å². The molecule has 1 aromatic carbocycles. The monoisotopic (exact) mass is 255 g/mol. The second-order valence-corrected chi connectivity index (χ2v) is 5.95. The molecule has 1 amide bonds. The van der Waals surface area contributed by atoms with Crippen molar-refractivity contribution in [3.8, 4) is 0 Å². The number of rotatable bonds is 1. The Morgan fingerprint density at radius 3 is 2.41 bits per heavy atom. The van der Waals surface area contributed by atoms with Gasteiger partial charge in [0.05, 0.1) is 12.9 Å². The van der Waals surface area contributed by atoms with Gasteiger partial charge in [-0.3, -0.25) is 0 Å². The minimum absolute atomic E-state index is 0.0842. The van der Waals surface area contributed by atoms with Gasteiger partial charge in [0.1, 0.15) is 5.54 Å². The molecule has 1 aliphatic rings. The SMILES string of the molecule is COC(=O)N1[C@@](C)(c2ccccc2)CS1(=O)=O. The lowest BCUT2D eigenvalue weighted by molar-refractivity contribution is 0.107. The molecule has 1 atom stereocenters. The van der Waals surface area contributed by atoms with Crippen LogP contribution < -0.4 is 0 Å². The third kappa shape index (κ3) is 1.68. The van der Waals surface area contributed by atoms with Crippen molar-refractivity contribution in [2.24, 2.45) is 0 Å². The van der Waals surface area contributed by atoms with Crippen molar-refractivity contribution in [3.05, 3.63) is 35.9 Å². The van der Waals surface area contributed by atoms with E-state index in [0.717, 1.165) is 9.87 Å². The average Bonchev–Trinajstić information content (AvgIpc) is 2.28. The fourth-order valence-electron chi connectivity index (χ4n) is 2.11. The summed E-state index contributed by atoms with van der Waals surface area (Å²) in [7, 11) is -2.36. The summed E-state index contributed by atoms with van der Waals surface area (Å²) in [6, 6.07) is 9.04. The van der Waals surface area contributed by atoms with E-state index in [-0.39, 0.29) is 5.75 Å². The van der Waals surface area contributed by atoms with E-state index in [4.69, 9.17) is 0 Å². The highest BCUT2D eigenvalue weighted by molar-refractivity contribution is 7.91. The molecule has 1 fully saturated rings. The maximum absolute atomic E-state index is 11.6. The predicted octanol–water partition coefficient (Wildman–Crippen LogP) is 1.31. The van der Waals surface area contributed by atoms with Crippen LogP contribution in [0.3, 0.4) is 0 Å². The van der Waals surface area contributed by atoms with Gasteiger partial charge in [0.2, 0.25) is 10.0 Å². The van der Waals surface area contributed by atoms with Crippen molar-refractivity contribution < 1.29 is 17.9 Å². The van der Waals surface area contributed by atoms with Crippen LogP contribution in [0.1, 0.15) is 12.5 Å². The molecule has 0 saturated carbocycles. The largest absolute Gasteiger partial charge is 0.452 e. The number of hydrogen-bond donors (Lipinski definition) is 0. The second-order valence-electron chi connectivity index (χ2n) is 4.13. The van der Waals surface area contributed by atoms with Gasteiger partial charge in [0, 0.05) is 0 Å². The highest BCUT2D eigenvalue weighted by Crippen LogP contribution is 2.41. The highest BCUT2D eigenvalue weighted by atomic mass is 32.2. The standard InChI is InChI=1S/C11H13NO4S/c1-11(9-6-4-3-5-7-9)8-17(14,15)12(11)10(13)16-2/h3-7H,8H2,1-2H3/t11-/m1/s1. The van der Waals surface area contributed by atoms with Crippen LogP contribution >= 0.6 is 0 Å². The van der Waals surface area contributed by atoms with Crippen molar-refractivity contribution in [1.82, 2.24) is 4.31 Å². The number of hydrogen-bond acceptors (Lipinski definition) is 4. The van der Waals surface area contributed by atoms with Gasteiger partial charge in [-0.05, 0) is 12.5 Å². The normalized spacial score (nSPS) is 26.1. The van der Waals surface area contributed by atoms with Gasteiger partial charge in [0.15, 0.2) is 0 Å². The summed E-state index contributed by atoms with van der Waals surface area (Å²) in [5.41, 5.74) is -0.0621. The molecule has 2 rings (SSSR count). The van der Waals surface area contributed by atoms with E-state index in [1.54, 1.807) is 31.2 Å². The summed E-state index contributed by atoms with van der Waals surface area (Å²) in [5, 5.41) is 0. The Labute approximate surface area is 100 Å². The third-order valence-electron chi connectivity index (χ3n) is 2.93. The summed E-state index contributed by atoms with van der Waals surface area (Å²) in [5.74, 6) is -0.0842. The topological polar surface area (TPSA) is 63.7 Å². The van der Waals surface area contributed by atoms with Crippen molar-refractivity contribution in [2.75, 3.05) is 12.9 Å². The van der Waals surface area contributed by atoms with Crippen LogP contribution in [0.2, 0.25) is 0 Å². The van der Waals surface area contributed by atoms with Crippen LogP contribution in [0, 0.1) is 0 Å². The minimum Gasteiger partial charge on any atom is -0.452 e. The molecule has 0 unspecified atom stereocenters. The number of ether oxygens (including phenoxy) is 1. The maximum Gasteiger partial charge on any atom is 0.424 e. The lowest BCUT2D eigenvalue weighted by atomic mass is 9.94. The first-order chi connectivity index (χ1) is 7.92. The Kier molecular flexibility index (Phi) is 2.61. The summed E-state index contributed by atoms with van der Waals surface area (Å²) in [4.78, 5) is 11.5.